The van der Waals surface area contributed by atoms with Gasteiger partial charge in [-0.2, -0.15) is 0 Å². The number of thiophene rings is 1. The quantitative estimate of drug-likeness (QED) is 0.235. The van der Waals surface area contributed by atoms with Crippen molar-refractivity contribution in [3.05, 3.63) is 46.3 Å². The molecule has 0 bridgehead atoms. The molecule has 1 aromatic heterocycles. The third-order valence-corrected chi connectivity index (χ3v) is 17.9. The summed E-state index contributed by atoms with van der Waals surface area (Å²) in [5.41, 5.74) is 0. The van der Waals surface area contributed by atoms with Crippen LogP contribution in [0.4, 0.5) is 0 Å². The van der Waals surface area contributed by atoms with Crippen LogP contribution < -0.4 is 0 Å². The second kappa shape index (κ2) is 11.4. The van der Waals surface area contributed by atoms with Crippen molar-refractivity contribution >= 4 is 27.7 Å². The normalized spacial score (nSPS) is 14.5. The van der Waals surface area contributed by atoms with Gasteiger partial charge in [0.1, 0.15) is 0 Å². The maximum absolute atomic E-state index is 7.00. The van der Waals surface area contributed by atoms with E-state index in [-0.39, 0.29) is 6.10 Å². The maximum Gasteiger partial charge on any atom is 0.193 e. The van der Waals surface area contributed by atoms with E-state index in [9.17, 15) is 0 Å². The zero-order chi connectivity index (χ0) is 19.6. The molecular weight excluding hydrogens is 368 g/mol. The summed E-state index contributed by atoms with van der Waals surface area (Å²) < 4.78 is 7.00. The Kier molecular flexibility index (Phi) is 10.4. The number of hydrogen-bond donors (Lipinski definition) is 0. The van der Waals surface area contributed by atoms with Crippen molar-refractivity contribution in [1.29, 1.82) is 0 Å². The second-order valence-electron chi connectivity index (χ2n) is 7.32. The smallest absolute Gasteiger partial charge is 0.193 e. The molecule has 148 valence electrons. The zero-order valence-electron chi connectivity index (χ0n) is 17.9. The van der Waals surface area contributed by atoms with Gasteiger partial charge in [0.2, 0.25) is 0 Å². The molecule has 1 nitrogen and oxygen atoms in total. The van der Waals surface area contributed by atoms with Crippen LogP contribution in [0.3, 0.4) is 0 Å². The zero-order valence-corrected chi connectivity index (χ0v) is 20.8. The Morgan fingerprint density at radius 2 is 1.62 bits per heavy atom. The predicted octanol–water partition coefficient (Wildman–Crippen LogP) is 8.36. The first-order valence-electron chi connectivity index (χ1n) is 10.5. The molecule has 1 atom stereocenters. The van der Waals surface area contributed by atoms with E-state index in [4.69, 9.17) is 4.43 Å². The van der Waals surface area contributed by atoms with E-state index in [2.05, 4.69) is 77.8 Å². The highest BCUT2D eigenvalue weighted by molar-refractivity contribution is 7.10. The van der Waals surface area contributed by atoms with Gasteiger partial charge in [-0.1, -0.05) is 83.1 Å². The summed E-state index contributed by atoms with van der Waals surface area (Å²) in [6.07, 6.45) is 5.78. The van der Waals surface area contributed by atoms with E-state index in [1.807, 2.05) is 11.3 Å². The van der Waals surface area contributed by atoms with Gasteiger partial charge >= 0.3 is 0 Å². The summed E-state index contributed by atoms with van der Waals surface area (Å²) in [6, 6.07) is 12.0. The molecule has 0 aliphatic heterocycles. The lowest BCUT2D eigenvalue weighted by atomic mass is 10.2. The SMILES string of the molecule is C=CC/C(=C\C(O[Si](CC)(CC)CC)c1cccs1)[Si](CC)(CC)CC. The van der Waals surface area contributed by atoms with Crippen LogP contribution in [0.2, 0.25) is 36.3 Å². The van der Waals surface area contributed by atoms with Crippen molar-refractivity contribution in [2.75, 3.05) is 0 Å². The molecule has 1 rings (SSSR count). The minimum atomic E-state index is -1.66. The third-order valence-electron chi connectivity index (χ3n) is 6.56. The Hall–Kier alpha value is -0.426. The molecule has 0 aromatic carbocycles. The van der Waals surface area contributed by atoms with Crippen molar-refractivity contribution in [3.8, 4) is 0 Å². The molecule has 1 heterocycles. The molecule has 26 heavy (non-hydrogen) atoms. The summed E-state index contributed by atoms with van der Waals surface area (Å²) in [5, 5.41) is 3.84. The summed E-state index contributed by atoms with van der Waals surface area (Å²) in [6.45, 7) is 18.2. The highest BCUT2D eigenvalue weighted by Gasteiger charge is 2.35. The predicted molar refractivity (Wildman–Crippen MR) is 125 cm³/mol. The van der Waals surface area contributed by atoms with E-state index < -0.39 is 16.4 Å². The lowest BCUT2D eigenvalue weighted by Gasteiger charge is -2.35. The molecule has 0 fully saturated rings. The molecule has 4 heteroatoms. The Balaban J connectivity index is 3.39. The van der Waals surface area contributed by atoms with Crippen LogP contribution in [0.25, 0.3) is 0 Å². The first-order valence-corrected chi connectivity index (χ1v) is 16.6. The van der Waals surface area contributed by atoms with Crippen LogP contribution in [-0.4, -0.2) is 16.4 Å². The van der Waals surface area contributed by atoms with E-state index in [0.29, 0.717) is 0 Å². The molecule has 0 aliphatic carbocycles. The molecular formula is C22H40OSSi2. The molecule has 0 amide bonds. The van der Waals surface area contributed by atoms with E-state index in [1.165, 1.54) is 41.1 Å². The van der Waals surface area contributed by atoms with Crippen molar-refractivity contribution in [2.45, 2.75) is 90.3 Å². The van der Waals surface area contributed by atoms with Crippen LogP contribution in [0.15, 0.2) is 41.4 Å². The van der Waals surface area contributed by atoms with E-state index in [0.717, 1.165) is 6.42 Å². The van der Waals surface area contributed by atoms with Crippen LogP contribution in [0.5, 0.6) is 0 Å². The molecule has 0 spiro atoms. The maximum atomic E-state index is 7.00. The van der Waals surface area contributed by atoms with E-state index in [1.54, 1.807) is 5.20 Å². The average molecular weight is 409 g/mol. The highest BCUT2D eigenvalue weighted by Crippen LogP contribution is 2.37. The number of rotatable bonds is 13. The van der Waals surface area contributed by atoms with Gasteiger partial charge in [0.25, 0.3) is 0 Å². The first-order chi connectivity index (χ1) is 12.5. The van der Waals surface area contributed by atoms with Gasteiger partial charge in [0.15, 0.2) is 8.32 Å². The fraction of sp³-hybridized carbons (Fsp3) is 0.636. The monoisotopic (exact) mass is 408 g/mol. The Labute approximate surface area is 168 Å². The fourth-order valence-corrected chi connectivity index (χ4v) is 11.6. The van der Waals surface area contributed by atoms with Crippen molar-refractivity contribution < 1.29 is 4.43 Å². The second-order valence-corrected chi connectivity index (χ2v) is 18.3. The van der Waals surface area contributed by atoms with Crippen molar-refractivity contribution in [3.63, 3.8) is 0 Å². The number of hydrogen-bond acceptors (Lipinski definition) is 2. The lowest BCUT2D eigenvalue weighted by molar-refractivity contribution is 0.241. The molecule has 0 saturated heterocycles. The Bertz CT molecular complexity index is 526. The topological polar surface area (TPSA) is 9.23 Å². The summed E-state index contributed by atoms with van der Waals surface area (Å²) in [5.74, 6) is 0. The summed E-state index contributed by atoms with van der Waals surface area (Å²) in [4.78, 5) is 1.37. The molecule has 1 aromatic rings. The minimum absolute atomic E-state index is 0.132. The molecule has 0 aliphatic rings. The van der Waals surface area contributed by atoms with Gasteiger partial charge in [-0.3, -0.25) is 0 Å². The standard InChI is InChI=1S/C22H40OSSi2/c1-8-16-20(25(9-2,10-3)11-4)19-21(22-17-15-18-24-22)23-26(12-5,13-6)14-7/h8,15,17-19,21H,1,9-14,16H2,2-7H3/b20-19+. The summed E-state index contributed by atoms with van der Waals surface area (Å²) >= 11 is 1.84. The molecule has 0 saturated carbocycles. The Morgan fingerprint density at radius 1 is 1.04 bits per heavy atom. The first kappa shape index (κ1) is 23.6. The van der Waals surface area contributed by atoms with Crippen LogP contribution in [-0.2, 0) is 4.43 Å². The van der Waals surface area contributed by atoms with Gasteiger partial charge < -0.3 is 4.43 Å². The van der Waals surface area contributed by atoms with Crippen LogP contribution in [0.1, 0.15) is 58.9 Å². The highest BCUT2D eigenvalue weighted by atomic mass is 32.1. The van der Waals surface area contributed by atoms with Gasteiger partial charge in [-0.15, -0.1) is 17.9 Å². The largest absolute Gasteiger partial charge is 0.406 e. The molecule has 1 unspecified atom stereocenters. The van der Waals surface area contributed by atoms with Gasteiger partial charge in [0.05, 0.1) is 14.2 Å². The minimum Gasteiger partial charge on any atom is -0.406 e. The Morgan fingerprint density at radius 3 is 2.00 bits per heavy atom. The molecule has 0 radical (unpaired) electrons. The van der Waals surface area contributed by atoms with Crippen molar-refractivity contribution in [1.82, 2.24) is 0 Å². The lowest BCUT2D eigenvalue weighted by Crippen LogP contribution is -2.38. The fourth-order valence-electron chi connectivity index (χ4n) is 4.13. The van der Waals surface area contributed by atoms with Crippen LogP contribution >= 0.6 is 11.3 Å². The van der Waals surface area contributed by atoms with E-state index >= 15 is 0 Å². The number of allylic oxidation sites excluding steroid dienone is 2. The molecule has 0 N–H and O–H groups in total. The summed E-state index contributed by atoms with van der Waals surface area (Å²) in [7, 11) is -3.08. The average Bonchev–Trinajstić information content (AvgIpc) is 3.22. The van der Waals surface area contributed by atoms with Gasteiger partial charge in [-0.05, 0) is 36.0 Å². The third kappa shape index (κ3) is 5.54. The van der Waals surface area contributed by atoms with Crippen molar-refractivity contribution in [2.24, 2.45) is 0 Å². The van der Waals surface area contributed by atoms with Gasteiger partial charge in [-0.25, -0.2) is 0 Å². The van der Waals surface area contributed by atoms with Gasteiger partial charge in [0, 0.05) is 4.88 Å². The van der Waals surface area contributed by atoms with Crippen LogP contribution in [0, 0.1) is 0 Å².